The third-order valence-electron chi connectivity index (χ3n) is 2.44. The third-order valence-corrected chi connectivity index (χ3v) is 2.66. The van der Waals surface area contributed by atoms with Gasteiger partial charge in [-0.1, -0.05) is 12.2 Å². The van der Waals surface area contributed by atoms with Crippen LogP contribution in [0.4, 0.5) is 24.5 Å². The highest BCUT2D eigenvalue weighted by Gasteiger charge is 2.07. The zero-order chi connectivity index (χ0) is 14.0. The molecule has 2 aromatic carbocycles. The zero-order valence-electron chi connectivity index (χ0n) is 9.58. The molecule has 0 fully saturated rings. The molecule has 19 heavy (non-hydrogen) atoms. The van der Waals surface area contributed by atoms with E-state index in [0.717, 1.165) is 12.1 Å². The van der Waals surface area contributed by atoms with Crippen molar-refractivity contribution in [2.24, 2.45) is 5.73 Å². The predicted octanol–water partition coefficient (Wildman–Crippen LogP) is 3.48. The smallest absolute Gasteiger partial charge is 0.160 e. The van der Waals surface area contributed by atoms with Gasteiger partial charge in [0.25, 0.3) is 0 Å². The Morgan fingerprint density at radius 3 is 2.00 bits per heavy atom. The third kappa shape index (κ3) is 3.03. The summed E-state index contributed by atoms with van der Waals surface area (Å²) < 4.78 is 39.4. The Morgan fingerprint density at radius 2 is 1.47 bits per heavy atom. The second-order valence-corrected chi connectivity index (χ2v) is 4.25. The Hall–Kier alpha value is -2.08. The number of hydrogen-bond acceptors (Lipinski definition) is 2. The van der Waals surface area contributed by atoms with E-state index >= 15 is 0 Å². The van der Waals surface area contributed by atoms with Crippen molar-refractivity contribution in [3.8, 4) is 0 Å². The Labute approximate surface area is 113 Å². The summed E-state index contributed by atoms with van der Waals surface area (Å²) in [4.78, 5) is -0.0446. The maximum Gasteiger partial charge on any atom is 0.160 e. The molecule has 0 bridgehead atoms. The Bertz CT molecular complexity index is 644. The summed E-state index contributed by atoms with van der Waals surface area (Å²) >= 11 is 4.68. The molecule has 2 rings (SSSR count). The quantitative estimate of drug-likeness (QED) is 0.846. The Morgan fingerprint density at radius 1 is 0.895 bits per heavy atom. The molecule has 2 aromatic rings. The van der Waals surface area contributed by atoms with Gasteiger partial charge in [-0.05, 0) is 30.3 Å². The van der Waals surface area contributed by atoms with Crippen LogP contribution in [0.25, 0.3) is 0 Å². The van der Waals surface area contributed by atoms with Crippen LogP contribution in [-0.4, -0.2) is 4.99 Å². The van der Waals surface area contributed by atoms with Crippen LogP contribution in [0.2, 0.25) is 0 Å². The summed E-state index contributed by atoms with van der Waals surface area (Å²) in [7, 11) is 0. The number of rotatable bonds is 3. The maximum atomic E-state index is 13.6. The van der Waals surface area contributed by atoms with Crippen LogP contribution < -0.4 is 11.1 Å². The molecule has 0 amide bonds. The zero-order valence-corrected chi connectivity index (χ0v) is 10.4. The minimum atomic E-state index is -0.981. The van der Waals surface area contributed by atoms with Crippen molar-refractivity contribution >= 4 is 28.6 Å². The van der Waals surface area contributed by atoms with E-state index < -0.39 is 17.5 Å². The first-order valence-corrected chi connectivity index (χ1v) is 5.69. The molecule has 0 aliphatic carbocycles. The number of nitrogens with one attached hydrogen (secondary N) is 1. The van der Waals surface area contributed by atoms with E-state index in [1.807, 2.05) is 0 Å². The monoisotopic (exact) mass is 282 g/mol. The minimum absolute atomic E-state index is 0.0446. The van der Waals surface area contributed by atoms with Crippen LogP contribution in [0.1, 0.15) is 5.56 Å². The maximum absolute atomic E-state index is 13.6. The number of nitrogens with two attached hydrogens (primary N) is 1. The summed E-state index contributed by atoms with van der Waals surface area (Å²) in [6.07, 6.45) is 0. The first-order chi connectivity index (χ1) is 8.97. The highest BCUT2D eigenvalue weighted by atomic mass is 32.1. The van der Waals surface area contributed by atoms with E-state index in [9.17, 15) is 13.2 Å². The molecule has 0 radical (unpaired) electrons. The van der Waals surface area contributed by atoms with Crippen molar-refractivity contribution in [3.63, 3.8) is 0 Å². The highest BCUT2D eigenvalue weighted by molar-refractivity contribution is 7.80. The van der Waals surface area contributed by atoms with Crippen LogP contribution in [-0.2, 0) is 0 Å². The Balaban J connectivity index is 2.26. The lowest BCUT2D eigenvalue weighted by atomic mass is 10.2. The molecular weight excluding hydrogens is 273 g/mol. The molecule has 0 aliphatic rings. The van der Waals surface area contributed by atoms with Gasteiger partial charge in [0.15, 0.2) is 11.6 Å². The van der Waals surface area contributed by atoms with Gasteiger partial charge in [-0.2, -0.15) is 0 Å². The lowest BCUT2D eigenvalue weighted by molar-refractivity contribution is 0.509. The van der Waals surface area contributed by atoms with Crippen molar-refractivity contribution in [2.45, 2.75) is 0 Å². The SMILES string of the molecule is NC(=S)c1ccc(Nc2ccc(F)c(F)c2)cc1F. The highest BCUT2D eigenvalue weighted by Crippen LogP contribution is 2.21. The molecule has 0 aliphatic heterocycles. The van der Waals surface area contributed by atoms with E-state index in [0.29, 0.717) is 11.4 Å². The predicted molar refractivity (Wildman–Crippen MR) is 71.9 cm³/mol. The molecule has 0 spiro atoms. The average molecular weight is 282 g/mol. The number of halogens is 3. The van der Waals surface area contributed by atoms with E-state index in [4.69, 9.17) is 5.73 Å². The van der Waals surface area contributed by atoms with Crippen LogP contribution in [0.5, 0.6) is 0 Å². The second kappa shape index (κ2) is 5.27. The van der Waals surface area contributed by atoms with Gasteiger partial charge in [0, 0.05) is 23.0 Å². The Kier molecular flexibility index (Phi) is 3.71. The lowest BCUT2D eigenvalue weighted by Crippen LogP contribution is -2.11. The normalized spacial score (nSPS) is 10.3. The molecule has 0 aromatic heterocycles. The van der Waals surface area contributed by atoms with E-state index in [2.05, 4.69) is 17.5 Å². The molecule has 0 atom stereocenters. The van der Waals surface area contributed by atoms with Crippen LogP contribution in [0.15, 0.2) is 36.4 Å². The van der Waals surface area contributed by atoms with Crippen molar-refractivity contribution in [1.29, 1.82) is 0 Å². The summed E-state index contributed by atoms with van der Waals surface area (Å²) in [6, 6.07) is 7.44. The van der Waals surface area contributed by atoms with Crippen LogP contribution >= 0.6 is 12.2 Å². The first kappa shape index (κ1) is 13.4. The van der Waals surface area contributed by atoms with Crippen molar-refractivity contribution in [1.82, 2.24) is 0 Å². The van der Waals surface area contributed by atoms with Gasteiger partial charge in [-0.15, -0.1) is 0 Å². The standard InChI is InChI=1S/C13H9F3N2S/c14-10-4-2-8(6-12(10)16)18-7-1-3-9(13(17)19)11(15)5-7/h1-6,18H,(H2,17,19). The van der Waals surface area contributed by atoms with Crippen molar-refractivity contribution in [3.05, 3.63) is 59.4 Å². The van der Waals surface area contributed by atoms with Crippen molar-refractivity contribution < 1.29 is 13.2 Å². The first-order valence-electron chi connectivity index (χ1n) is 5.29. The topological polar surface area (TPSA) is 38.0 Å². The molecule has 0 saturated carbocycles. The largest absolute Gasteiger partial charge is 0.389 e. The fourth-order valence-electron chi connectivity index (χ4n) is 1.53. The number of thiocarbonyl (C=S) groups is 1. The van der Waals surface area contributed by atoms with Crippen LogP contribution in [0, 0.1) is 17.5 Å². The lowest BCUT2D eigenvalue weighted by Gasteiger charge is -2.08. The fourth-order valence-corrected chi connectivity index (χ4v) is 1.70. The van der Waals surface area contributed by atoms with E-state index in [1.165, 1.54) is 18.2 Å². The molecule has 2 nitrogen and oxygen atoms in total. The van der Waals surface area contributed by atoms with E-state index in [-0.39, 0.29) is 10.6 Å². The molecule has 0 unspecified atom stereocenters. The van der Waals surface area contributed by atoms with Gasteiger partial charge < -0.3 is 11.1 Å². The second-order valence-electron chi connectivity index (χ2n) is 3.81. The summed E-state index contributed by atoms with van der Waals surface area (Å²) in [6.45, 7) is 0. The van der Waals surface area contributed by atoms with Gasteiger partial charge in [0.2, 0.25) is 0 Å². The van der Waals surface area contributed by atoms with Gasteiger partial charge >= 0.3 is 0 Å². The van der Waals surface area contributed by atoms with Gasteiger partial charge in [-0.25, -0.2) is 13.2 Å². The number of anilines is 2. The summed E-state index contributed by atoms with van der Waals surface area (Å²) in [5.74, 6) is -2.51. The molecule has 98 valence electrons. The summed E-state index contributed by atoms with van der Waals surface area (Å²) in [5.41, 5.74) is 6.15. The summed E-state index contributed by atoms with van der Waals surface area (Å²) in [5, 5.41) is 2.75. The number of benzene rings is 2. The molecule has 3 N–H and O–H groups in total. The molecule has 6 heteroatoms. The molecule has 0 heterocycles. The van der Waals surface area contributed by atoms with Gasteiger partial charge in [0.05, 0.1) is 0 Å². The van der Waals surface area contributed by atoms with Crippen LogP contribution in [0.3, 0.4) is 0 Å². The molecule has 0 saturated heterocycles. The average Bonchev–Trinajstić information content (AvgIpc) is 2.33. The van der Waals surface area contributed by atoms with Gasteiger partial charge in [-0.3, -0.25) is 0 Å². The van der Waals surface area contributed by atoms with Gasteiger partial charge in [0.1, 0.15) is 10.8 Å². The number of hydrogen-bond donors (Lipinski definition) is 2. The van der Waals surface area contributed by atoms with Crippen molar-refractivity contribution in [2.75, 3.05) is 5.32 Å². The van der Waals surface area contributed by atoms with E-state index in [1.54, 1.807) is 6.07 Å². The fraction of sp³-hybridized carbons (Fsp3) is 0. The minimum Gasteiger partial charge on any atom is -0.389 e. The molecular formula is C13H9F3N2S.